The van der Waals surface area contributed by atoms with Gasteiger partial charge in [0.05, 0.1) is 19.3 Å². The molecule has 1 heterocycles. The Bertz CT molecular complexity index is 719. The number of likely N-dealkylation sites (N-methyl/N-ethyl adjacent to an activating group) is 1. The number of nitrogens with zero attached hydrogens (tertiary/aromatic N) is 2. The molecule has 0 amide bonds. The molecule has 0 saturated carbocycles. The highest BCUT2D eigenvalue weighted by atomic mass is 35.5. The first kappa shape index (κ1) is 17.8. The molecular formula is C18H23ClN2O2. The molecule has 1 atom stereocenters. The SMILES string of the molecule is CN(CCO)CC(O)Cn1c2ccccc2c2ccccc21.Cl. The number of hydrogen-bond acceptors (Lipinski definition) is 3. The molecule has 3 rings (SSSR count). The Morgan fingerprint density at radius 1 is 1.00 bits per heavy atom. The Balaban J connectivity index is 0.00000192. The Kier molecular flexibility index (Phi) is 6.02. The van der Waals surface area contributed by atoms with Gasteiger partial charge >= 0.3 is 0 Å². The summed E-state index contributed by atoms with van der Waals surface area (Å²) in [7, 11) is 1.91. The third kappa shape index (κ3) is 3.67. The van der Waals surface area contributed by atoms with Gasteiger partial charge in [-0.1, -0.05) is 36.4 Å². The number of hydrogen-bond donors (Lipinski definition) is 2. The molecule has 1 unspecified atom stereocenters. The molecule has 1 aromatic heterocycles. The van der Waals surface area contributed by atoms with Crippen LogP contribution in [0.2, 0.25) is 0 Å². The molecule has 5 heteroatoms. The molecule has 0 spiro atoms. The van der Waals surface area contributed by atoms with Crippen LogP contribution in [0.25, 0.3) is 21.8 Å². The van der Waals surface area contributed by atoms with Crippen LogP contribution >= 0.6 is 12.4 Å². The van der Waals surface area contributed by atoms with Crippen molar-refractivity contribution in [3.8, 4) is 0 Å². The summed E-state index contributed by atoms with van der Waals surface area (Å²) in [6, 6.07) is 16.6. The van der Waals surface area contributed by atoms with Gasteiger partial charge in [-0.3, -0.25) is 0 Å². The number of para-hydroxylation sites is 2. The Hall–Kier alpha value is -1.59. The molecule has 0 radical (unpaired) electrons. The normalized spacial score (nSPS) is 12.7. The van der Waals surface area contributed by atoms with Gasteiger partial charge in [0.1, 0.15) is 0 Å². The van der Waals surface area contributed by atoms with Crippen LogP contribution in [-0.4, -0.2) is 52.5 Å². The Morgan fingerprint density at radius 3 is 2.04 bits per heavy atom. The van der Waals surface area contributed by atoms with E-state index in [4.69, 9.17) is 5.11 Å². The highest BCUT2D eigenvalue weighted by molar-refractivity contribution is 6.07. The first-order chi connectivity index (χ1) is 10.7. The van der Waals surface area contributed by atoms with Gasteiger partial charge in [0.15, 0.2) is 0 Å². The van der Waals surface area contributed by atoms with E-state index in [0.29, 0.717) is 19.6 Å². The van der Waals surface area contributed by atoms with Crippen LogP contribution in [0.3, 0.4) is 0 Å². The zero-order valence-electron chi connectivity index (χ0n) is 13.2. The molecule has 0 aliphatic carbocycles. The van der Waals surface area contributed by atoms with Gasteiger partial charge in [-0.15, -0.1) is 12.4 Å². The van der Waals surface area contributed by atoms with Crippen molar-refractivity contribution in [2.45, 2.75) is 12.6 Å². The summed E-state index contributed by atoms with van der Waals surface area (Å²) in [6.07, 6.45) is -0.476. The minimum Gasteiger partial charge on any atom is -0.395 e. The second-order valence-electron chi connectivity index (χ2n) is 5.78. The third-order valence-corrected chi connectivity index (χ3v) is 4.08. The fourth-order valence-electron chi connectivity index (χ4n) is 3.09. The number of rotatable bonds is 6. The van der Waals surface area contributed by atoms with Crippen LogP contribution in [0.1, 0.15) is 0 Å². The molecule has 23 heavy (non-hydrogen) atoms. The van der Waals surface area contributed by atoms with Crippen molar-refractivity contribution >= 4 is 34.2 Å². The zero-order valence-corrected chi connectivity index (χ0v) is 14.0. The number of halogens is 1. The van der Waals surface area contributed by atoms with Crippen LogP contribution in [0, 0.1) is 0 Å². The number of aliphatic hydroxyl groups is 2. The molecule has 0 bridgehead atoms. The molecule has 2 aromatic carbocycles. The highest BCUT2D eigenvalue weighted by Gasteiger charge is 2.14. The predicted octanol–water partition coefficient (Wildman–Crippen LogP) is 2.50. The lowest BCUT2D eigenvalue weighted by Crippen LogP contribution is -2.33. The van der Waals surface area contributed by atoms with Crippen molar-refractivity contribution in [1.82, 2.24) is 9.47 Å². The zero-order chi connectivity index (χ0) is 15.5. The van der Waals surface area contributed by atoms with Crippen molar-refractivity contribution in [3.05, 3.63) is 48.5 Å². The maximum atomic E-state index is 10.4. The van der Waals surface area contributed by atoms with E-state index in [1.807, 2.05) is 36.2 Å². The summed E-state index contributed by atoms with van der Waals surface area (Å²) < 4.78 is 2.18. The number of benzene rings is 2. The largest absolute Gasteiger partial charge is 0.395 e. The standard InChI is InChI=1S/C18H22N2O2.ClH/c1-19(10-11-21)12-14(22)13-20-17-8-4-2-6-15(17)16-7-3-5-9-18(16)20;/h2-9,14,21-22H,10-13H2,1H3;1H. The number of fused-ring (bicyclic) bond motifs is 3. The molecule has 2 N–H and O–H groups in total. The monoisotopic (exact) mass is 334 g/mol. The van der Waals surface area contributed by atoms with Crippen molar-refractivity contribution in [1.29, 1.82) is 0 Å². The Labute approximate surface area is 142 Å². The lowest BCUT2D eigenvalue weighted by atomic mass is 10.2. The van der Waals surface area contributed by atoms with E-state index in [1.165, 1.54) is 10.8 Å². The second kappa shape index (κ2) is 7.79. The van der Waals surface area contributed by atoms with E-state index in [0.717, 1.165) is 11.0 Å². The summed E-state index contributed by atoms with van der Waals surface area (Å²) in [5, 5.41) is 21.8. The smallest absolute Gasteiger partial charge is 0.0845 e. The Morgan fingerprint density at radius 2 is 1.52 bits per heavy atom. The van der Waals surface area contributed by atoms with Crippen molar-refractivity contribution in [2.24, 2.45) is 0 Å². The molecule has 4 nitrogen and oxygen atoms in total. The summed E-state index contributed by atoms with van der Waals surface area (Å²) in [4.78, 5) is 1.94. The van der Waals surface area contributed by atoms with Gasteiger partial charge in [-0.05, 0) is 19.2 Å². The second-order valence-corrected chi connectivity index (χ2v) is 5.78. The molecule has 124 valence electrons. The number of aromatic nitrogens is 1. The van der Waals surface area contributed by atoms with Gasteiger partial charge in [0.2, 0.25) is 0 Å². The van der Waals surface area contributed by atoms with Crippen LogP contribution in [0.15, 0.2) is 48.5 Å². The van der Waals surface area contributed by atoms with Crippen molar-refractivity contribution in [3.63, 3.8) is 0 Å². The van der Waals surface area contributed by atoms with Crippen LogP contribution in [-0.2, 0) is 6.54 Å². The van der Waals surface area contributed by atoms with Crippen LogP contribution in [0.5, 0.6) is 0 Å². The molecule has 0 aliphatic heterocycles. The van der Waals surface area contributed by atoms with Gasteiger partial charge < -0.3 is 19.7 Å². The maximum absolute atomic E-state index is 10.4. The summed E-state index contributed by atoms with van der Waals surface area (Å²) in [5.41, 5.74) is 2.29. The minimum absolute atomic E-state index is 0. The maximum Gasteiger partial charge on any atom is 0.0845 e. The average Bonchev–Trinajstić information content (AvgIpc) is 2.82. The van der Waals surface area contributed by atoms with Crippen molar-refractivity contribution < 1.29 is 10.2 Å². The van der Waals surface area contributed by atoms with Crippen LogP contribution < -0.4 is 0 Å². The summed E-state index contributed by atoms with van der Waals surface area (Å²) >= 11 is 0. The first-order valence-corrected chi connectivity index (χ1v) is 7.64. The van der Waals surface area contributed by atoms with Gasteiger partial charge in [-0.2, -0.15) is 0 Å². The van der Waals surface area contributed by atoms with Crippen molar-refractivity contribution in [2.75, 3.05) is 26.7 Å². The summed E-state index contributed by atoms with van der Waals surface area (Å²) in [5.74, 6) is 0. The van der Waals surface area contributed by atoms with E-state index < -0.39 is 6.10 Å². The topological polar surface area (TPSA) is 48.6 Å². The highest BCUT2D eigenvalue weighted by Crippen LogP contribution is 2.28. The third-order valence-electron chi connectivity index (χ3n) is 4.08. The first-order valence-electron chi connectivity index (χ1n) is 7.64. The van der Waals surface area contributed by atoms with E-state index in [1.54, 1.807) is 0 Å². The fraction of sp³-hybridized carbons (Fsp3) is 0.333. The predicted molar refractivity (Wildman–Crippen MR) is 97.3 cm³/mol. The number of aliphatic hydroxyl groups excluding tert-OH is 2. The van der Waals surface area contributed by atoms with E-state index >= 15 is 0 Å². The molecule has 0 saturated heterocycles. The molecular weight excluding hydrogens is 312 g/mol. The van der Waals surface area contributed by atoms with Gasteiger partial charge in [0, 0.05) is 34.9 Å². The minimum atomic E-state index is -0.476. The lowest BCUT2D eigenvalue weighted by molar-refractivity contribution is 0.102. The molecule has 0 fully saturated rings. The quantitative estimate of drug-likeness (QED) is 0.728. The van der Waals surface area contributed by atoms with E-state index in [9.17, 15) is 5.11 Å². The van der Waals surface area contributed by atoms with Gasteiger partial charge in [0.25, 0.3) is 0 Å². The fourth-order valence-corrected chi connectivity index (χ4v) is 3.09. The molecule has 3 aromatic rings. The average molecular weight is 335 g/mol. The summed E-state index contributed by atoms with van der Waals surface area (Å²) in [6.45, 7) is 1.77. The molecule has 0 aliphatic rings. The van der Waals surface area contributed by atoms with Crippen LogP contribution in [0.4, 0.5) is 0 Å². The van der Waals surface area contributed by atoms with E-state index in [2.05, 4.69) is 28.8 Å². The lowest BCUT2D eigenvalue weighted by Gasteiger charge is -2.20. The van der Waals surface area contributed by atoms with E-state index in [-0.39, 0.29) is 19.0 Å². The van der Waals surface area contributed by atoms with Gasteiger partial charge in [-0.25, -0.2) is 0 Å².